The van der Waals surface area contributed by atoms with Gasteiger partial charge in [-0.05, 0) is 37.3 Å². The Bertz CT molecular complexity index is 560. The Labute approximate surface area is 113 Å². The Hall–Kier alpha value is -2.23. The average molecular weight is 257 g/mol. The van der Waals surface area contributed by atoms with Crippen molar-refractivity contribution in [2.75, 3.05) is 10.6 Å². The topological polar surface area (TPSA) is 46.1 Å². The number of anilines is 2. The van der Waals surface area contributed by atoms with E-state index in [1.165, 1.54) is 12.6 Å². The average Bonchev–Trinajstić information content (AvgIpc) is 2.83. The Morgan fingerprint density at radius 3 is 2.74 bits per heavy atom. The maximum atomic E-state index is 11.0. The molecule has 1 amide bonds. The van der Waals surface area contributed by atoms with Gasteiger partial charge in [-0.15, -0.1) is 0 Å². The number of hydrogen-bond donors (Lipinski definition) is 2. The summed E-state index contributed by atoms with van der Waals surface area (Å²) < 4.78 is 2.20. The Morgan fingerprint density at radius 1 is 1.21 bits per heavy atom. The lowest BCUT2D eigenvalue weighted by Crippen LogP contribution is -2.08. The predicted octanol–water partition coefficient (Wildman–Crippen LogP) is 3.08. The van der Waals surface area contributed by atoms with Crippen molar-refractivity contribution in [1.29, 1.82) is 0 Å². The van der Waals surface area contributed by atoms with Gasteiger partial charge in [-0.25, -0.2) is 0 Å². The summed E-state index contributed by atoms with van der Waals surface area (Å²) in [6.07, 6.45) is 2.07. The highest BCUT2D eigenvalue weighted by Crippen LogP contribution is 2.16. The van der Waals surface area contributed by atoms with Crippen molar-refractivity contribution in [1.82, 2.24) is 4.57 Å². The summed E-state index contributed by atoms with van der Waals surface area (Å²) in [4.78, 5) is 11.0. The third kappa shape index (κ3) is 3.61. The molecule has 100 valence electrons. The quantitative estimate of drug-likeness (QED) is 0.864. The maximum Gasteiger partial charge on any atom is 0.221 e. The first kappa shape index (κ1) is 13.2. The van der Waals surface area contributed by atoms with Crippen molar-refractivity contribution in [3.63, 3.8) is 0 Å². The van der Waals surface area contributed by atoms with Crippen LogP contribution in [-0.2, 0) is 17.9 Å². The number of aromatic nitrogens is 1. The van der Waals surface area contributed by atoms with E-state index in [1.54, 1.807) is 0 Å². The van der Waals surface area contributed by atoms with Crippen LogP contribution in [0.25, 0.3) is 0 Å². The molecule has 0 unspecified atom stereocenters. The van der Waals surface area contributed by atoms with Crippen LogP contribution in [0, 0.1) is 0 Å². The molecule has 2 rings (SSSR count). The van der Waals surface area contributed by atoms with E-state index < -0.39 is 0 Å². The first-order valence-corrected chi connectivity index (χ1v) is 6.44. The Balaban J connectivity index is 2.01. The molecule has 2 N–H and O–H groups in total. The van der Waals surface area contributed by atoms with Gasteiger partial charge in [0, 0.05) is 36.7 Å². The van der Waals surface area contributed by atoms with E-state index in [4.69, 9.17) is 0 Å². The molecule has 4 nitrogen and oxygen atoms in total. The maximum absolute atomic E-state index is 11.0. The van der Waals surface area contributed by atoms with Gasteiger partial charge in [-0.2, -0.15) is 0 Å². The molecule has 1 heterocycles. The van der Waals surface area contributed by atoms with Gasteiger partial charge < -0.3 is 15.2 Å². The van der Waals surface area contributed by atoms with Gasteiger partial charge in [0.1, 0.15) is 0 Å². The second kappa shape index (κ2) is 6.09. The first-order valence-electron chi connectivity index (χ1n) is 6.44. The highest BCUT2D eigenvalue weighted by molar-refractivity contribution is 5.89. The van der Waals surface area contributed by atoms with Crippen LogP contribution in [0.5, 0.6) is 0 Å². The monoisotopic (exact) mass is 257 g/mol. The zero-order valence-electron chi connectivity index (χ0n) is 11.3. The van der Waals surface area contributed by atoms with Gasteiger partial charge in [-0.1, -0.05) is 6.07 Å². The SMILES string of the molecule is CCn1cccc1CNc1cccc(NC(C)=O)c1. The van der Waals surface area contributed by atoms with Crippen molar-refractivity contribution >= 4 is 17.3 Å². The van der Waals surface area contributed by atoms with Crippen molar-refractivity contribution < 1.29 is 4.79 Å². The van der Waals surface area contributed by atoms with Crippen LogP contribution in [-0.4, -0.2) is 10.5 Å². The van der Waals surface area contributed by atoms with Crippen molar-refractivity contribution in [2.45, 2.75) is 26.9 Å². The second-order valence-electron chi connectivity index (χ2n) is 4.40. The fraction of sp³-hybridized carbons (Fsp3) is 0.267. The molecule has 0 spiro atoms. The molecule has 0 aliphatic heterocycles. The zero-order valence-corrected chi connectivity index (χ0v) is 11.3. The summed E-state index contributed by atoms with van der Waals surface area (Å²) in [5, 5.41) is 6.14. The molecule has 0 saturated heterocycles. The molecule has 0 aliphatic carbocycles. The smallest absolute Gasteiger partial charge is 0.221 e. The number of nitrogens with zero attached hydrogens (tertiary/aromatic N) is 1. The van der Waals surface area contributed by atoms with Crippen LogP contribution in [0.3, 0.4) is 0 Å². The summed E-state index contributed by atoms with van der Waals surface area (Å²) in [6.45, 7) is 5.37. The van der Waals surface area contributed by atoms with E-state index in [-0.39, 0.29) is 5.91 Å². The number of rotatable bonds is 5. The van der Waals surface area contributed by atoms with Crippen LogP contribution in [0.2, 0.25) is 0 Å². The van der Waals surface area contributed by atoms with E-state index >= 15 is 0 Å². The molecule has 1 aromatic heterocycles. The normalized spacial score (nSPS) is 10.2. The zero-order chi connectivity index (χ0) is 13.7. The summed E-state index contributed by atoms with van der Waals surface area (Å²) in [7, 11) is 0. The van der Waals surface area contributed by atoms with Crippen molar-refractivity contribution in [3.05, 3.63) is 48.3 Å². The van der Waals surface area contributed by atoms with Crippen LogP contribution < -0.4 is 10.6 Å². The number of aryl methyl sites for hydroxylation is 1. The highest BCUT2D eigenvalue weighted by atomic mass is 16.1. The van der Waals surface area contributed by atoms with E-state index in [1.807, 2.05) is 30.3 Å². The van der Waals surface area contributed by atoms with E-state index in [0.29, 0.717) is 0 Å². The molecule has 0 aliphatic rings. The minimum atomic E-state index is -0.0583. The van der Waals surface area contributed by atoms with Gasteiger partial charge in [0.05, 0.1) is 6.54 Å². The number of carbonyl (C=O) groups excluding carboxylic acids is 1. The molecule has 2 aromatic rings. The molecular formula is C15H19N3O. The predicted molar refractivity (Wildman–Crippen MR) is 78.2 cm³/mol. The Morgan fingerprint density at radius 2 is 2.00 bits per heavy atom. The highest BCUT2D eigenvalue weighted by Gasteiger charge is 2.00. The van der Waals surface area contributed by atoms with Crippen LogP contribution in [0.4, 0.5) is 11.4 Å². The molecule has 4 heteroatoms. The number of carbonyl (C=O) groups is 1. The fourth-order valence-corrected chi connectivity index (χ4v) is 2.02. The third-order valence-corrected chi connectivity index (χ3v) is 2.92. The summed E-state index contributed by atoms with van der Waals surface area (Å²) in [5.41, 5.74) is 3.05. The number of nitrogens with one attached hydrogen (secondary N) is 2. The lowest BCUT2D eigenvalue weighted by atomic mass is 10.2. The third-order valence-electron chi connectivity index (χ3n) is 2.92. The van der Waals surface area contributed by atoms with Crippen molar-refractivity contribution in [2.24, 2.45) is 0 Å². The van der Waals surface area contributed by atoms with E-state index in [9.17, 15) is 4.79 Å². The fourth-order valence-electron chi connectivity index (χ4n) is 2.02. The first-order chi connectivity index (χ1) is 9.19. The summed E-state index contributed by atoms with van der Waals surface area (Å²) >= 11 is 0. The molecular weight excluding hydrogens is 238 g/mol. The summed E-state index contributed by atoms with van der Waals surface area (Å²) in [5.74, 6) is -0.0583. The van der Waals surface area contributed by atoms with E-state index in [2.05, 4.69) is 34.4 Å². The molecule has 0 atom stereocenters. The van der Waals surface area contributed by atoms with Crippen molar-refractivity contribution in [3.8, 4) is 0 Å². The number of hydrogen-bond acceptors (Lipinski definition) is 2. The minimum absolute atomic E-state index is 0.0583. The van der Waals surface area contributed by atoms with Gasteiger partial charge in [0.25, 0.3) is 0 Å². The molecule has 0 radical (unpaired) electrons. The number of amides is 1. The van der Waals surface area contributed by atoms with E-state index in [0.717, 1.165) is 24.5 Å². The van der Waals surface area contributed by atoms with Gasteiger partial charge in [0.2, 0.25) is 5.91 Å². The lowest BCUT2D eigenvalue weighted by Gasteiger charge is -2.10. The second-order valence-corrected chi connectivity index (χ2v) is 4.40. The van der Waals surface area contributed by atoms with Crippen LogP contribution in [0.15, 0.2) is 42.6 Å². The lowest BCUT2D eigenvalue weighted by molar-refractivity contribution is -0.114. The summed E-state index contributed by atoms with van der Waals surface area (Å²) in [6, 6.07) is 11.9. The standard InChI is InChI=1S/C15H19N3O/c1-3-18-9-5-8-15(18)11-16-13-6-4-7-14(10-13)17-12(2)19/h4-10,16H,3,11H2,1-2H3,(H,17,19). The molecule has 19 heavy (non-hydrogen) atoms. The van der Waals surface area contributed by atoms with Crippen LogP contribution in [0.1, 0.15) is 19.5 Å². The molecule has 1 aromatic carbocycles. The Kier molecular flexibility index (Phi) is 4.23. The molecule has 0 bridgehead atoms. The largest absolute Gasteiger partial charge is 0.379 e. The molecule has 0 fully saturated rings. The van der Waals surface area contributed by atoms with Gasteiger partial charge in [0.15, 0.2) is 0 Å². The minimum Gasteiger partial charge on any atom is -0.379 e. The van der Waals surface area contributed by atoms with Crippen LogP contribution >= 0.6 is 0 Å². The van der Waals surface area contributed by atoms with Gasteiger partial charge in [-0.3, -0.25) is 4.79 Å². The molecule has 0 saturated carbocycles. The number of benzene rings is 1. The van der Waals surface area contributed by atoms with Gasteiger partial charge >= 0.3 is 0 Å².